The fraction of sp³-hybridized carbons (Fsp3) is 0.286. The second-order valence-corrected chi connectivity index (χ2v) is 4.53. The molecule has 0 radical (unpaired) electrons. The third-order valence-electron chi connectivity index (χ3n) is 3.36. The zero-order valence-corrected chi connectivity index (χ0v) is 11.7. The summed E-state index contributed by atoms with van der Waals surface area (Å²) in [6.45, 7) is 4.45. The average molecular weight is 286 g/mol. The highest BCUT2D eigenvalue weighted by Crippen LogP contribution is 2.20. The minimum atomic E-state index is -0.605. The summed E-state index contributed by atoms with van der Waals surface area (Å²) < 4.78 is 6.76. The first-order valence-electron chi connectivity index (χ1n) is 6.71. The van der Waals surface area contributed by atoms with E-state index in [0.29, 0.717) is 28.5 Å². The van der Waals surface area contributed by atoms with Crippen molar-refractivity contribution in [3.63, 3.8) is 0 Å². The number of aromatic amines is 1. The van der Waals surface area contributed by atoms with Crippen LogP contribution in [-0.2, 0) is 11.3 Å². The van der Waals surface area contributed by atoms with Gasteiger partial charge in [0.25, 0.3) is 0 Å². The van der Waals surface area contributed by atoms with E-state index in [4.69, 9.17) is 4.74 Å². The zero-order valence-electron chi connectivity index (χ0n) is 11.7. The van der Waals surface area contributed by atoms with Gasteiger partial charge in [-0.3, -0.25) is 4.79 Å². The van der Waals surface area contributed by atoms with Crippen LogP contribution >= 0.6 is 0 Å². The Morgan fingerprint density at radius 1 is 1.33 bits per heavy atom. The number of nitrogens with zero attached hydrogens (tertiary/aromatic N) is 3. The molecule has 1 aromatic carbocycles. The van der Waals surface area contributed by atoms with Gasteiger partial charge in [-0.05, 0) is 26.0 Å². The smallest absolute Gasteiger partial charge is 0.343 e. The van der Waals surface area contributed by atoms with Crippen LogP contribution in [0, 0.1) is 0 Å². The van der Waals surface area contributed by atoms with Crippen LogP contribution in [0.4, 0.5) is 0 Å². The summed E-state index contributed by atoms with van der Waals surface area (Å²) in [6.07, 6.45) is 1.52. The van der Waals surface area contributed by atoms with Crippen molar-refractivity contribution in [2.75, 3.05) is 6.61 Å². The molecular formula is C14H14N4O3. The van der Waals surface area contributed by atoms with Crippen LogP contribution in [0.3, 0.4) is 0 Å². The lowest BCUT2D eigenvalue weighted by atomic mass is 10.1. The molecule has 0 saturated carbocycles. The molecule has 0 unspecified atom stereocenters. The van der Waals surface area contributed by atoms with Crippen molar-refractivity contribution in [1.82, 2.24) is 20.0 Å². The molecule has 2 aromatic heterocycles. The number of esters is 1. The summed E-state index contributed by atoms with van der Waals surface area (Å²) in [5, 5.41) is 11.1. The number of hydrogen-bond donors (Lipinski definition) is 1. The SMILES string of the molecule is CCOC(=O)c1cn(CC)c2c(ccc3n[nH]nc32)c1=O. The molecule has 0 bridgehead atoms. The van der Waals surface area contributed by atoms with Crippen LogP contribution < -0.4 is 5.43 Å². The van der Waals surface area contributed by atoms with Gasteiger partial charge in [-0.2, -0.15) is 15.4 Å². The molecule has 0 aliphatic rings. The van der Waals surface area contributed by atoms with E-state index in [0.717, 1.165) is 0 Å². The summed E-state index contributed by atoms with van der Waals surface area (Å²) >= 11 is 0. The standard InChI is InChI=1S/C14H14N4O3/c1-3-18-7-9(14(20)21-4-2)13(19)8-5-6-10-11(12(8)18)16-17-15-10/h5-7H,3-4H2,1-2H3,(H,15,16,17). The monoisotopic (exact) mass is 286 g/mol. The fourth-order valence-electron chi connectivity index (χ4n) is 2.40. The summed E-state index contributed by atoms with van der Waals surface area (Å²) in [5.74, 6) is -0.605. The molecule has 7 heteroatoms. The molecule has 3 rings (SSSR count). The van der Waals surface area contributed by atoms with Crippen molar-refractivity contribution in [2.45, 2.75) is 20.4 Å². The second kappa shape index (κ2) is 5.01. The normalized spacial score (nSPS) is 11.1. The lowest BCUT2D eigenvalue weighted by molar-refractivity contribution is 0.0524. The summed E-state index contributed by atoms with van der Waals surface area (Å²) in [7, 11) is 0. The van der Waals surface area contributed by atoms with Gasteiger partial charge in [0.1, 0.15) is 16.6 Å². The van der Waals surface area contributed by atoms with Crippen molar-refractivity contribution in [1.29, 1.82) is 0 Å². The molecule has 0 aliphatic carbocycles. The van der Waals surface area contributed by atoms with E-state index < -0.39 is 5.97 Å². The van der Waals surface area contributed by atoms with Gasteiger partial charge in [0.2, 0.25) is 5.43 Å². The number of hydrogen-bond acceptors (Lipinski definition) is 5. The number of benzene rings is 1. The van der Waals surface area contributed by atoms with E-state index >= 15 is 0 Å². The molecule has 0 aliphatic heterocycles. The highest BCUT2D eigenvalue weighted by Gasteiger charge is 2.18. The Labute approximate surface area is 119 Å². The number of ether oxygens (including phenoxy) is 1. The van der Waals surface area contributed by atoms with E-state index in [1.54, 1.807) is 19.1 Å². The number of carbonyl (C=O) groups excluding carboxylic acids is 1. The van der Waals surface area contributed by atoms with Gasteiger partial charge < -0.3 is 9.30 Å². The van der Waals surface area contributed by atoms with Gasteiger partial charge >= 0.3 is 5.97 Å². The molecule has 0 amide bonds. The maximum Gasteiger partial charge on any atom is 0.343 e. The lowest BCUT2D eigenvalue weighted by Gasteiger charge is -2.11. The van der Waals surface area contributed by atoms with Crippen molar-refractivity contribution >= 4 is 27.9 Å². The third kappa shape index (κ3) is 1.97. The van der Waals surface area contributed by atoms with Gasteiger partial charge in [0.15, 0.2) is 0 Å². The Balaban J connectivity index is 2.41. The van der Waals surface area contributed by atoms with Crippen molar-refractivity contribution in [2.24, 2.45) is 0 Å². The molecule has 0 saturated heterocycles. The van der Waals surface area contributed by atoms with Crippen molar-refractivity contribution in [3.8, 4) is 0 Å². The van der Waals surface area contributed by atoms with Crippen LogP contribution in [-0.4, -0.2) is 32.6 Å². The average Bonchev–Trinajstić information content (AvgIpc) is 2.96. The second-order valence-electron chi connectivity index (χ2n) is 4.53. The van der Waals surface area contributed by atoms with E-state index in [1.807, 2.05) is 11.5 Å². The van der Waals surface area contributed by atoms with Crippen LogP contribution in [0.25, 0.3) is 21.9 Å². The molecule has 21 heavy (non-hydrogen) atoms. The number of H-pyrrole nitrogens is 1. The highest BCUT2D eigenvalue weighted by molar-refractivity contribution is 6.03. The largest absolute Gasteiger partial charge is 0.462 e. The maximum absolute atomic E-state index is 12.5. The maximum atomic E-state index is 12.5. The number of carbonyl (C=O) groups is 1. The first-order chi connectivity index (χ1) is 10.2. The first-order valence-corrected chi connectivity index (χ1v) is 6.71. The Morgan fingerprint density at radius 2 is 2.14 bits per heavy atom. The van der Waals surface area contributed by atoms with Gasteiger partial charge in [-0.1, -0.05) is 0 Å². The molecule has 7 nitrogen and oxygen atoms in total. The molecule has 2 heterocycles. The van der Waals surface area contributed by atoms with E-state index in [9.17, 15) is 9.59 Å². The predicted octanol–water partition coefficient (Wildman–Crippen LogP) is 1.47. The Hall–Kier alpha value is -2.70. The number of aryl methyl sites for hydroxylation is 1. The molecule has 0 fully saturated rings. The van der Waals surface area contributed by atoms with E-state index in [2.05, 4.69) is 15.4 Å². The summed E-state index contributed by atoms with van der Waals surface area (Å²) in [5.41, 5.74) is 1.64. The van der Waals surface area contributed by atoms with Crippen molar-refractivity contribution < 1.29 is 9.53 Å². The third-order valence-corrected chi connectivity index (χ3v) is 3.36. The fourth-order valence-corrected chi connectivity index (χ4v) is 2.40. The quantitative estimate of drug-likeness (QED) is 0.736. The van der Waals surface area contributed by atoms with Gasteiger partial charge in [0.05, 0.1) is 12.1 Å². The van der Waals surface area contributed by atoms with Crippen LogP contribution in [0.5, 0.6) is 0 Å². The van der Waals surface area contributed by atoms with Crippen LogP contribution in [0.2, 0.25) is 0 Å². The molecular weight excluding hydrogens is 272 g/mol. The minimum Gasteiger partial charge on any atom is -0.462 e. The van der Waals surface area contributed by atoms with E-state index in [1.165, 1.54) is 6.20 Å². The number of rotatable bonds is 3. The number of nitrogens with one attached hydrogen (secondary N) is 1. The Morgan fingerprint density at radius 3 is 2.86 bits per heavy atom. The highest BCUT2D eigenvalue weighted by atomic mass is 16.5. The number of fused-ring (bicyclic) bond motifs is 3. The Kier molecular flexibility index (Phi) is 3.17. The minimum absolute atomic E-state index is 0.0362. The Bertz CT molecular complexity index is 894. The molecule has 1 N–H and O–H groups in total. The van der Waals surface area contributed by atoms with Crippen LogP contribution in [0.15, 0.2) is 23.1 Å². The number of aromatic nitrogens is 4. The molecule has 3 aromatic rings. The van der Waals surface area contributed by atoms with Crippen molar-refractivity contribution in [3.05, 3.63) is 34.1 Å². The number of pyridine rings is 1. The molecule has 108 valence electrons. The zero-order chi connectivity index (χ0) is 15.0. The lowest BCUT2D eigenvalue weighted by Crippen LogP contribution is -2.20. The molecule has 0 atom stereocenters. The van der Waals surface area contributed by atoms with Crippen LogP contribution in [0.1, 0.15) is 24.2 Å². The summed E-state index contributed by atoms with van der Waals surface area (Å²) in [4.78, 5) is 24.4. The molecule has 0 spiro atoms. The van der Waals surface area contributed by atoms with Gasteiger partial charge in [0, 0.05) is 18.1 Å². The summed E-state index contributed by atoms with van der Waals surface area (Å²) in [6, 6.07) is 3.37. The first kappa shape index (κ1) is 13.3. The van der Waals surface area contributed by atoms with E-state index in [-0.39, 0.29) is 17.6 Å². The van der Waals surface area contributed by atoms with Gasteiger partial charge in [-0.15, -0.1) is 0 Å². The predicted molar refractivity (Wildman–Crippen MR) is 77.3 cm³/mol. The van der Waals surface area contributed by atoms with Gasteiger partial charge in [-0.25, -0.2) is 4.79 Å². The topological polar surface area (TPSA) is 89.9 Å².